The first kappa shape index (κ1) is 18.5. The maximum atomic E-state index is 13.1. The minimum atomic E-state index is -2.96. The fourth-order valence-electron chi connectivity index (χ4n) is 3.76. The van der Waals surface area contributed by atoms with Gasteiger partial charge in [0.2, 0.25) is 5.95 Å². The molecule has 10 heteroatoms. The molecular formula is C20H19F2N5O3. The summed E-state index contributed by atoms with van der Waals surface area (Å²) in [5.74, 6) is 1.84. The standard InChI is InChI=1S/C20H19F2N5O3/c1-10-4-2-5-11(16(10)30-18(21)22)17-25-19(23)26-20-24-12-8-14-15(9-13(12)27(17)20)29-7-3-6-28-14/h2,4-5,8-9,17-18H,3,6-7H2,1H3,(H3,23,24,25,26). The van der Waals surface area contributed by atoms with Crippen molar-refractivity contribution in [3.8, 4) is 17.2 Å². The second-order valence-corrected chi connectivity index (χ2v) is 7.03. The molecule has 3 aromatic rings. The van der Waals surface area contributed by atoms with Crippen LogP contribution in [0.25, 0.3) is 11.0 Å². The third-order valence-corrected chi connectivity index (χ3v) is 5.03. The van der Waals surface area contributed by atoms with Gasteiger partial charge in [-0.1, -0.05) is 18.2 Å². The van der Waals surface area contributed by atoms with Crippen LogP contribution in [0.3, 0.4) is 0 Å². The van der Waals surface area contributed by atoms with Gasteiger partial charge in [-0.05, 0) is 12.5 Å². The molecule has 0 saturated heterocycles. The maximum Gasteiger partial charge on any atom is 0.387 e. The van der Waals surface area contributed by atoms with Crippen LogP contribution in [0.2, 0.25) is 0 Å². The summed E-state index contributed by atoms with van der Waals surface area (Å²) < 4.78 is 44.4. The molecule has 0 amide bonds. The largest absolute Gasteiger partial charge is 0.489 e. The Morgan fingerprint density at radius 1 is 1.23 bits per heavy atom. The Morgan fingerprint density at radius 2 is 2.00 bits per heavy atom. The lowest BCUT2D eigenvalue weighted by molar-refractivity contribution is -0.0511. The van der Waals surface area contributed by atoms with Crippen LogP contribution < -0.4 is 25.3 Å². The van der Waals surface area contributed by atoms with Gasteiger partial charge in [0.15, 0.2) is 23.6 Å². The number of halogens is 2. The number of nitrogens with two attached hydrogens (primary N) is 1. The lowest BCUT2D eigenvalue weighted by Gasteiger charge is -2.26. The second kappa shape index (κ2) is 7.05. The number of aromatic nitrogens is 2. The number of aryl methyl sites for hydroxylation is 1. The minimum Gasteiger partial charge on any atom is -0.489 e. The first-order chi connectivity index (χ1) is 14.5. The summed E-state index contributed by atoms with van der Waals surface area (Å²) in [4.78, 5) is 9.06. The van der Waals surface area contributed by atoms with Gasteiger partial charge in [-0.15, -0.1) is 0 Å². The molecule has 156 valence electrons. The van der Waals surface area contributed by atoms with Gasteiger partial charge in [0.25, 0.3) is 0 Å². The number of rotatable bonds is 3. The van der Waals surface area contributed by atoms with Gasteiger partial charge in [0.1, 0.15) is 5.75 Å². The van der Waals surface area contributed by atoms with Gasteiger partial charge in [0, 0.05) is 24.1 Å². The van der Waals surface area contributed by atoms with E-state index in [1.807, 2.05) is 6.07 Å². The summed E-state index contributed by atoms with van der Waals surface area (Å²) in [5, 5.41) is 2.94. The Hall–Kier alpha value is -3.56. The molecule has 0 radical (unpaired) electrons. The fraction of sp³-hybridized carbons (Fsp3) is 0.300. The average Bonchev–Trinajstić information content (AvgIpc) is 2.88. The number of para-hydroxylation sites is 1. The quantitative estimate of drug-likeness (QED) is 0.681. The highest BCUT2D eigenvalue weighted by atomic mass is 19.3. The number of nitrogens with one attached hydrogen (secondary N) is 1. The highest BCUT2D eigenvalue weighted by Gasteiger charge is 2.30. The number of imidazole rings is 1. The maximum absolute atomic E-state index is 13.1. The molecule has 0 saturated carbocycles. The number of aliphatic imine (C=N–C) groups is 1. The minimum absolute atomic E-state index is 0.0677. The number of guanidine groups is 1. The summed E-state index contributed by atoms with van der Waals surface area (Å²) in [6.07, 6.45) is 0.0323. The van der Waals surface area contributed by atoms with Crippen molar-refractivity contribution in [1.29, 1.82) is 0 Å². The van der Waals surface area contributed by atoms with E-state index in [1.54, 1.807) is 35.8 Å². The Morgan fingerprint density at radius 3 is 2.77 bits per heavy atom. The van der Waals surface area contributed by atoms with E-state index < -0.39 is 12.8 Å². The molecule has 3 heterocycles. The van der Waals surface area contributed by atoms with Gasteiger partial charge in [-0.3, -0.25) is 9.88 Å². The molecule has 2 aliphatic rings. The zero-order chi connectivity index (χ0) is 20.8. The van der Waals surface area contributed by atoms with Crippen LogP contribution in [0, 0.1) is 6.92 Å². The number of benzene rings is 2. The number of nitrogens with zero attached hydrogens (tertiary/aromatic N) is 3. The van der Waals surface area contributed by atoms with Crippen molar-refractivity contribution in [3.63, 3.8) is 0 Å². The van der Waals surface area contributed by atoms with E-state index in [2.05, 4.69) is 15.3 Å². The molecule has 5 rings (SSSR count). The average molecular weight is 415 g/mol. The summed E-state index contributed by atoms with van der Waals surface area (Å²) in [6, 6.07) is 8.77. The van der Waals surface area contributed by atoms with E-state index in [4.69, 9.17) is 19.9 Å². The summed E-state index contributed by atoms with van der Waals surface area (Å²) >= 11 is 0. The molecule has 3 N–H and O–H groups in total. The molecule has 30 heavy (non-hydrogen) atoms. The smallest absolute Gasteiger partial charge is 0.387 e. The number of alkyl halides is 2. The van der Waals surface area contributed by atoms with E-state index in [9.17, 15) is 8.78 Å². The summed E-state index contributed by atoms with van der Waals surface area (Å²) in [5.41, 5.74) is 8.34. The molecule has 2 aliphatic heterocycles. The highest BCUT2D eigenvalue weighted by molar-refractivity contribution is 5.95. The molecule has 1 unspecified atom stereocenters. The number of fused-ring (bicyclic) bond motifs is 4. The van der Waals surface area contributed by atoms with Crippen molar-refractivity contribution >= 4 is 22.9 Å². The van der Waals surface area contributed by atoms with Crippen LogP contribution in [-0.4, -0.2) is 35.3 Å². The van der Waals surface area contributed by atoms with Crippen molar-refractivity contribution in [2.45, 2.75) is 26.1 Å². The van der Waals surface area contributed by atoms with E-state index in [0.29, 0.717) is 52.8 Å². The molecule has 2 aromatic carbocycles. The Balaban J connectivity index is 1.71. The van der Waals surface area contributed by atoms with Gasteiger partial charge >= 0.3 is 6.61 Å². The number of ether oxygens (including phenoxy) is 3. The second-order valence-electron chi connectivity index (χ2n) is 7.03. The molecule has 0 fully saturated rings. The normalized spacial score (nSPS) is 17.9. The predicted molar refractivity (Wildman–Crippen MR) is 107 cm³/mol. The number of hydrogen-bond donors (Lipinski definition) is 2. The van der Waals surface area contributed by atoms with Crippen molar-refractivity contribution in [2.75, 3.05) is 18.5 Å². The van der Waals surface area contributed by atoms with Gasteiger partial charge in [-0.2, -0.15) is 8.78 Å². The zero-order valence-corrected chi connectivity index (χ0v) is 16.1. The lowest BCUT2D eigenvalue weighted by Crippen LogP contribution is -2.31. The number of anilines is 1. The van der Waals surface area contributed by atoms with Gasteiger partial charge in [-0.25, -0.2) is 9.98 Å². The van der Waals surface area contributed by atoms with Crippen molar-refractivity contribution in [1.82, 2.24) is 9.55 Å². The fourth-order valence-corrected chi connectivity index (χ4v) is 3.76. The highest BCUT2D eigenvalue weighted by Crippen LogP contribution is 2.41. The molecule has 8 nitrogen and oxygen atoms in total. The predicted octanol–water partition coefficient (Wildman–Crippen LogP) is 3.39. The summed E-state index contributed by atoms with van der Waals surface area (Å²) in [7, 11) is 0. The van der Waals surface area contributed by atoms with Crippen molar-refractivity contribution in [3.05, 3.63) is 41.5 Å². The number of hydrogen-bond acceptors (Lipinski definition) is 7. The lowest BCUT2D eigenvalue weighted by atomic mass is 10.1. The van der Waals surface area contributed by atoms with Crippen LogP contribution in [0.5, 0.6) is 17.2 Å². The zero-order valence-electron chi connectivity index (χ0n) is 16.1. The van der Waals surface area contributed by atoms with Crippen LogP contribution in [0.15, 0.2) is 35.3 Å². The van der Waals surface area contributed by atoms with Gasteiger partial charge < -0.3 is 19.9 Å². The van der Waals surface area contributed by atoms with Crippen LogP contribution in [-0.2, 0) is 0 Å². The molecule has 1 aromatic heterocycles. The molecule has 1 atom stereocenters. The van der Waals surface area contributed by atoms with Crippen LogP contribution in [0.4, 0.5) is 14.7 Å². The van der Waals surface area contributed by atoms with E-state index >= 15 is 0 Å². The van der Waals surface area contributed by atoms with E-state index in [0.717, 1.165) is 6.42 Å². The van der Waals surface area contributed by atoms with Crippen molar-refractivity contribution in [2.24, 2.45) is 10.7 Å². The third-order valence-electron chi connectivity index (χ3n) is 5.03. The molecule has 0 spiro atoms. The van der Waals surface area contributed by atoms with Crippen LogP contribution >= 0.6 is 0 Å². The Kier molecular flexibility index (Phi) is 4.34. The van der Waals surface area contributed by atoms with E-state index in [-0.39, 0.29) is 11.7 Å². The third kappa shape index (κ3) is 3.04. The SMILES string of the molecule is Cc1cccc(C2N=C(N)Nc3nc4cc5c(cc4n32)OCCCO5)c1OC(F)F. The Labute approximate surface area is 170 Å². The first-order valence-corrected chi connectivity index (χ1v) is 9.47. The molecule has 0 bridgehead atoms. The van der Waals surface area contributed by atoms with E-state index in [1.165, 1.54) is 0 Å². The summed E-state index contributed by atoms with van der Waals surface area (Å²) in [6.45, 7) is -0.168. The van der Waals surface area contributed by atoms with Gasteiger partial charge in [0.05, 0.1) is 24.2 Å². The van der Waals surface area contributed by atoms with Crippen molar-refractivity contribution < 1.29 is 23.0 Å². The molecule has 0 aliphatic carbocycles. The first-order valence-electron chi connectivity index (χ1n) is 9.47. The Bertz CT molecular complexity index is 1160. The van der Waals surface area contributed by atoms with Crippen LogP contribution in [0.1, 0.15) is 23.7 Å². The topological polar surface area (TPSA) is 95.9 Å². The molecular weight excluding hydrogens is 396 g/mol. The monoisotopic (exact) mass is 415 g/mol.